The average molecular weight is 310 g/mol. The van der Waals surface area contributed by atoms with Crippen LogP contribution in [0.25, 0.3) is 0 Å². The molecule has 1 atom stereocenters. The Kier molecular flexibility index (Phi) is 5.60. The van der Waals surface area contributed by atoms with Crippen LogP contribution in [0.5, 0.6) is 0 Å². The molecule has 1 amide bonds. The third-order valence-corrected chi connectivity index (χ3v) is 4.60. The van der Waals surface area contributed by atoms with E-state index < -0.39 is 0 Å². The molecule has 0 aliphatic heterocycles. The number of amides is 1. The minimum atomic E-state index is -0.00700. The SMILES string of the molecule is Cc1nc(CSCCC(=O)NC(C)c2cn[nH]c2)cs1. The van der Waals surface area contributed by atoms with Crippen molar-refractivity contribution in [2.45, 2.75) is 32.1 Å². The van der Waals surface area contributed by atoms with Crippen LogP contribution < -0.4 is 5.32 Å². The molecule has 0 saturated heterocycles. The summed E-state index contributed by atoms with van der Waals surface area (Å²) in [5.74, 6) is 1.75. The number of hydrogen-bond acceptors (Lipinski definition) is 5. The summed E-state index contributed by atoms with van der Waals surface area (Å²) in [5.41, 5.74) is 2.09. The second-order valence-corrected chi connectivity index (χ2v) is 6.65. The summed E-state index contributed by atoms with van der Waals surface area (Å²) in [7, 11) is 0. The van der Waals surface area contributed by atoms with Crippen molar-refractivity contribution in [2.24, 2.45) is 0 Å². The fraction of sp³-hybridized carbons (Fsp3) is 0.462. The molecule has 0 aliphatic rings. The first-order valence-corrected chi connectivity index (χ1v) is 8.45. The normalized spacial score (nSPS) is 12.3. The second-order valence-electron chi connectivity index (χ2n) is 4.48. The molecule has 108 valence electrons. The van der Waals surface area contributed by atoms with Gasteiger partial charge >= 0.3 is 0 Å². The van der Waals surface area contributed by atoms with E-state index in [1.54, 1.807) is 35.5 Å². The number of rotatable bonds is 7. The molecule has 0 saturated carbocycles. The summed E-state index contributed by atoms with van der Waals surface area (Å²) in [4.78, 5) is 16.2. The number of aryl methyl sites for hydroxylation is 1. The molecule has 1 unspecified atom stereocenters. The van der Waals surface area contributed by atoms with Gasteiger partial charge in [-0.05, 0) is 13.8 Å². The molecule has 0 aliphatic carbocycles. The Morgan fingerprint density at radius 3 is 3.10 bits per heavy atom. The van der Waals surface area contributed by atoms with Gasteiger partial charge in [-0.2, -0.15) is 16.9 Å². The maximum absolute atomic E-state index is 11.8. The lowest BCUT2D eigenvalue weighted by molar-refractivity contribution is -0.121. The third kappa shape index (κ3) is 4.64. The number of nitrogens with zero attached hydrogens (tertiary/aromatic N) is 2. The van der Waals surface area contributed by atoms with E-state index in [1.807, 2.05) is 13.8 Å². The Hall–Kier alpha value is -1.34. The van der Waals surface area contributed by atoms with Crippen LogP contribution in [0.1, 0.15) is 35.7 Å². The quantitative estimate of drug-likeness (QED) is 0.771. The Morgan fingerprint density at radius 1 is 1.60 bits per heavy atom. The van der Waals surface area contributed by atoms with Crippen LogP contribution in [0.4, 0.5) is 0 Å². The number of H-pyrrole nitrogens is 1. The number of aromatic nitrogens is 3. The van der Waals surface area contributed by atoms with E-state index in [0.29, 0.717) is 6.42 Å². The van der Waals surface area contributed by atoms with Crippen LogP contribution >= 0.6 is 23.1 Å². The zero-order valence-corrected chi connectivity index (χ0v) is 13.2. The zero-order chi connectivity index (χ0) is 14.4. The molecule has 0 fully saturated rings. The topological polar surface area (TPSA) is 70.7 Å². The number of nitrogens with one attached hydrogen (secondary N) is 2. The van der Waals surface area contributed by atoms with E-state index in [4.69, 9.17) is 0 Å². The summed E-state index contributed by atoms with van der Waals surface area (Å²) in [5, 5.41) is 12.7. The van der Waals surface area contributed by atoms with Crippen molar-refractivity contribution in [3.8, 4) is 0 Å². The van der Waals surface area contributed by atoms with Crippen molar-refractivity contribution in [3.05, 3.63) is 34.0 Å². The third-order valence-electron chi connectivity index (χ3n) is 2.79. The fourth-order valence-electron chi connectivity index (χ4n) is 1.71. The molecule has 2 aromatic heterocycles. The largest absolute Gasteiger partial charge is 0.349 e. The lowest BCUT2D eigenvalue weighted by Gasteiger charge is -2.11. The van der Waals surface area contributed by atoms with Gasteiger partial charge in [0.15, 0.2) is 0 Å². The highest BCUT2D eigenvalue weighted by Gasteiger charge is 2.10. The number of hydrogen-bond donors (Lipinski definition) is 2. The second kappa shape index (κ2) is 7.44. The highest BCUT2D eigenvalue weighted by Crippen LogP contribution is 2.16. The number of carbonyl (C=O) groups excluding carboxylic acids is 1. The molecule has 2 N–H and O–H groups in total. The monoisotopic (exact) mass is 310 g/mol. The predicted octanol–water partition coefficient (Wildman–Crippen LogP) is 2.68. The minimum absolute atomic E-state index is 0.00700. The molecule has 0 bridgehead atoms. The molecule has 0 spiro atoms. The van der Waals surface area contributed by atoms with Crippen molar-refractivity contribution >= 4 is 29.0 Å². The van der Waals surface area contributed by atoms with Gasteiger partial charge in [-0.3, -0.25) is 9.89 Å². The van der Waals surface area contributed by atoms with Gasteiger partial charge in [0.05, 0.1) is 22.9 Å². The van der Waals surface area contributed by atoms with E-state index in [0.717, 1.165) is 27.8 Å². The number of carbonyl (C=O) groups is 1. The van der Waals surface area contributed by atoms with Crippen molar-refractivity contribution in [2.75, 3.05) is 5.75 Å². The van der Waals surface area contributed by atoms with Gasteiger partial charge in [-0.1, -0.05) is 0 Å². The maximum atomic E-state index is 11.8. The van der Waals surface area contributed by atoms with Crippen molar-refractivity contribution < 1.29 is 4.79 Å². The van der Waals surface area contributed by atoms with Gasteiger partial charge < -0.3 is 5.32 Å². The lowest BCUT2D eigenvalue weighted by Crippen LogP contribution is -2.26. The molecular formula is C13H18N4OS2. The molecular weight excluding hydrogens is 292 g/mol. The van der Waals surface area contributed by atoms with Crippen LogP contribution in [0.15, 0.2) is 17.8 Å². The Bertz CT molecular complexity index is 538. The van der Waals surface area contributed by atoms with Crippen LogP contribution in [-0.4, -0.2) is 26.8 Å². The number of aromatic amines is 1. The highest BCUT2D eigenvalue weighted by atomic mass is 32.2. The molecule has 2 rings (SSSR count). The van der Waals surface area contributed by atoms with Crippen molar-refractivity contribution in [1.82, 2.24) is 20.5 Å². The first kappa shape index (κ1) is 15.1. The van der Waals surface area contributed by atoms with Gasteiger partial charge in [-0.15, -0.1) is 11.3 Å². The molecule has 0 aromatic carbocycles. The van der Waals surface area contributed by atoms with Gasteiger partial charge in [0.2, 0.25) is 5.91 Å². The Balaban J connectivity index is 1.63. The molecule has 7 heteroatoms. The minimum Gasteiger partial charge on any atom is -0.349 e. The van der Waals surface area contributed by atoms with E-state index in [2.05, 4.69) is 25.9 Å². The fourth-order valence-corrected chi connectivity index (χ4v) is 3.26. The summed E-state index contributed by atoms with van der Waals surface area (Å²) in [6.07, 6.45) is 4.05. The van der Waals surface area contributed by atoms with Crippen LogP contribution in [0, 0.1) is 6.92 Å². The highest BCUT2D eigenvalue weighted by molar-refractivity contribution is 7.98. The van der Waals surface area contributed by atoms with Crippen LogP contribution in [0.3, 0.4) is 0 Å². The lowest BCUT2D eigenvalue weighted by atomic mass is 10.2. The van der Waals surface area contributed by atoms with E-state index >= 15 is 0 Å². The Labute approximate surface area is 126 Å². The van der Waals surface area contributed by atoms with Crippen LogP contribution in [-0.2, 0) is 10.5 Å². The van der Waals surface area contributed by atoms with E-state index in [9.17, 15) is 4.79 Å². The van der Waals surface area contributed by atoms with Crippen LogP contribution in [0.2, 0.25) is 0 Å². The van der Waals surface area contributed by atoms with E-state index in [-0.39, 0.29) is 11.9 Å². The zero-order valence-electron chi connectivity index (χ0n) is 11.5. The average Bonchev–Trinajstić information content (AvgIpc) is 3.06. The summed E-state index contributed by atoms with van der Waals surface area (Å²) in [6, 6.07) is -0.00700. The number of thioether (sulfide) groups is 1. The van der Waals surface area contributed by atoms with Gasteiger partial charge in [0, 0.05) is 35.1 Å². The summed E-state index contributed by atoms with van der Waals surface area (Å²) in [6.45, 7) is 3.96. The molecule has 2 heterocycles. The molecule has 2 aromatic rings. The van der Waals surface area contributed by atoms with Gasteiger partial charge in [0.25, 0.3) is 0 Å². The number of thiazole rings is 1. The molecule has 5 nitrogen and oxygen atoms in total. The van der Waals surface area contributed by atoms with Crippen molar-refractivity contribution in [1.29, 1.82) is 0 Å². The Morgan fingerprint density at radius 2 is 2.45 bits per heavy atom. The van der Waals surface area contributed by atoms with Crippen molar-refractivity contribution in [3.63, 3.8) is 0 Å². The molecule has 20 heavy (non-hydrogen) atoms. The van der Waals surface area contributed by atoms with Gasteiger partial charge in [-0.25, -0.2) is 4.98 Å². The standard InChI is InChI=1S/C13H18N4OS2/c1-9(11-5-14-15-6-11)16-13(18)3-4-19-7-12-8-20-10(2)17-12/h5-6,8-9H,3-4,7H2,1-2H3,(H,14,15)(H,16,18). The maximum Gasteiger partial charge on any atom is 0.221 e. The van der Waals surface area contributed by atoms with Gasteiger partial charge in [0.1, 0.15) is 0 Å². The first-order chi connectivity index (χ1) is 9.65. The predicted molar refractivity (Wildman–Crippen MR) is 82.8 cm³/mol. The smallest absolute Gasteiger partial charge is 0.221 e. The van der Waals surface area contributed by atoms with E-state index in [1.165, 1.54) is 0 Å². The molecule has 0 radical (unpaired) electrons. The first-order valence-electron chi connectivity index (χ1n) is 6.42. The summed E-state index contributed by atoms with van der Waals surface area (Å²) < 4.78 is 0. The summed E-state index contributed by atoms with van der Waals surface area (Å²) >= 11 is 3.40.